The van der Waals surface area contributed by atoms with E-state index in [0.717, 1.165) is 25.9 Å². The lowest BCUT2D eigenvalue weighted by atomic mass is 10.1. The van der Waals surface area contributed by atoms with E-state index in [1.54, 1.807) is 16.4 Å². The molecule has 0 aromatic carbocycles. The van der Waals surface area contributed by atoms with Gasteiger partial charge in [-0.05, 0) is 25.9 Å². The van der Waals surface area contributed by atoms with Crippen molar-refractivity contribution in [2.24, 2.45) is 0 Å². The quantitative estimate of drug-likeness (QED) is 0.794. The minimum Gasteiger partial charge on any atom is -0.317 e. The van der Waals surface area contributed by atoms with Gasteiger partial charge in [-0.15, -0.1) is 11.3 Å². The average molecular weight is 236 g/mol. The number of rotatable bonds is 1. The summed E-state index contributed by atoms with van der Waals surface area (Å²) in [5.41, 5.74) is 2.30. The molecule has 3 rings (SSSR count). The fraction of sp³-hybridized carbons (Fsp3) is 0.500. The van der Waals surface area contributed by atoms with Crippen molar-refractivity contribution in [1.82, 2.24) is 19.9 Å². The summed E-state index contributed by atoms with van der Waals surface area (Å²) in [6.07, 6.45) is 3.62. The zero-order valence-corrected chi connectivity index (χ0v) is 9.54. The van der Waals surface area contributed by atoms with Crippen LogP contribution in [0.1, 0.15) is 18.9 Å². The Hall–Kier alpha value is -1.27. The maximum absolute atomic E-state index is 12.2. The Morgan fingerprint density at radius 3 is 3.00 bits per heavy atom. The van der Waals surface area contributed by atoms with Crippen LogP contribution in [0.2, 0.25) is 0 Å². The van der Waals surface area contributed by atoms with Crippen LogP contribution in [0.4, 0.5) is 0 Å². The molecule has 0 radical (unpaired) electrons. The van der Waals surface area contributed by atoms with Crippen LogP contribution in [0.15, 0.2) is 16.6 Å². The summed E-state index contributed by atoms with van der Waals surface area (Å²) in [7, 11) is 0. The topological polar surface area (TPSA) is 59.8 Å². The molecule has 1 aliphatic heterocycles. The Morgan fingerprint density at radius 2 is 2.19 bits per heavy atom. The van der Waals surface area contributed by atoms with Crippen molar-refractivity contribution in [3.63, 3.8) is 0 Å². The normalized spacial score (nSPS) is 18.0. The minimum atomic E-state index is 0.0550. The highest BCUT2D eigenvalue weighted by atomic mass is 32.1. The van der Waals surface area contributed by atoms with Gasteiger partial charge in [0.05, 0.1) is 5.51 Å². The van der Waals surface area contributed by atoms with Crippen LogP contribution >= 0.6 is 11.3 Å². The molecule has 2 aromatic heterocycles. The standard InChI is InChI=1S/C10H12N4OS/c15-10-8-9(13-6-16-8)12-5-14(10)7-1-3-11-4-2-7/h5-7,11H,1-4H2. The Kier molecular flexibility index (Phi) is 2.45. The van der Waals surface area contributed by atoms with Crippen molar-refractivity contribution in [2.45, 2.75) is 18.9 Å². The second-order valence-electron chi connectivity index (χ2n) is 3.94. The molecule has 1 N–H and O–H groups in total. The molecule has 0 unspecified atom stereocenters. The first-order valence-corrected chi connectivity index (χ1v) is 6.25. The van der Waals surface area contributed by atoms with E-state index in [0.29, 0.717) is 10.3 Å². The number of thiazole rings is 1. The van der Waals surface area contributed by atoms with Gasteiger partial charge in [0.1, 0.15) is 11.0 Å². The highest BCUT2D eigenvalue weighted by Crippen LogP contribution is 2.18. The fourth-order valence-corrected chi connectivity index (χ4v) is 2.78. The maximum Gasteiger partial charge on any atom is 0.273 e. The van der Waals surface area contributed by atoms with Gasteiger partial charge in [0.25, 0.3) is 5.56 Å². The van der Waals surface area contributed by atoms with Gasteiger partial charge >= 0.3 is 0 Å². The molecule has 16 heavy (non-hydrogen) atoms. The summed E-state index contributed by atoms with van der Waals surface area (Å²) >= 11 is 1.37. The number of hydrogen-bond donors (Lipinski definition) is 1. The van der Waals surface area contributed by atoms with Crippen LogP contribution in [0.3, 0.4) is 0 Å². The van der Waals surface area contributed by atoms with Crippen molar-refractivity contribution in [1.29, 1.82) is 0 Å². The van der Waals surface area contributed by atoms with Crippen LogP contribution in [-0.4, -0.2) is 27.6 Å². The van der Waals surface area contributed by atoms with Crippen LogP contribution in [0, 0.1) is 0 Å². The highest BCUT2D eigenvalue weighted by Gasteiger charge is 2.17. The number of nitrogens with zero attached hydrogens (tertiary/aromatic N) is 3. The Bertz CT molecular complexity index is 555. The molecule has 5 nitrogen and oxygen atoms in total. The van der Waals surface area contributed by atoms with Gasteiger partial charge in [0.2, 0.25) is 0 Å². The third-order valence-electron chi connectivity index (χ3n) is 2.98. The summed E-state index contributed by atoms with van der Waals surface area (Å²) in [4.78, 5) is 20.4. The lowest BCUT2D eigenvalue weighted by molar-refractivity contribution is 0.359. The highest BCUT2D eigenvalue weighted by molar-refractivity contribution is 7.16. The number of nitrogens with one attached hydrogen (secondary N) is 1. The number of hydrogen-bond acceptors (Lipinski definition) is 5. The second-order valence-corrected chi connectivity index (χ2v) is 4.80. The van der Waals surface area contributed by atoms with Gasteiger partial charge in [-0.3, -0.25) is 9.36 Å². The third kappa shape index (κ3) is 1.54. The van der Waals surface area contributed by atoms with Gasteiger partial charge in [-0.1, -0.05) is 0 Å². The molecule has 0 saturated carbocycles. The first kappa shape index (κ1) is 9.92. The van der Waals surface area contributed by atoms with E-state index in [4.69, 9.17) is 0 Å². The summed E-state index contributed by atoms with van der Waals surface area (Å²) in [5, 5.41) is 3.29. The zero-order chi connectivity index (χ0) is 11.0. The van der Waals surface area contributed by atoms with Gasteiger partial charge in [0, 0.05) is 6.04 Å². The third-order valence-corrected chi connectivity index (χ3v) is 3.79. The summed E-state index contributed by atoms with van der Waals surface area (Å²) in [5.74, 6) is 0. The number of piperidine rings is 1. The molecule has 0 atom stereocenters. The molecular weight excluding hydrogens is 224 g/mol. The molecule has 1 saturated heterocycles. The van der Waals surface area contributed by atoms with E-state index in [1.165, 1.54) is 11.3 Å². The SMILES string of the molecule is O=c1c2scnc2ncn1C1CCNCC1. The fourth-order valence-electron chi connectivity index (χ4n) is 2.11. The molecule has 1 aliphatic rings. The predicted molar refractivity (Wildman–Crippen MR) is 62.8 cm³/mol. The molecule has 0 bridgehead atoms. The monoisotopic (exact) mass is 236 g/mol. The molecule has 0 amide bonds. The van der Waals surface area contributed by atoms with Crippen molar-refractivity contribution in [2.75, 3.05) is 13.1 Å². The molecule has 1 fully saturated rings. The van der Waals surface area contributed by atoms with E-state index in [9.17, 15) is 4.79 Å². The Balaban J connectivity index is 2.09. The predicted octanol–water partition coefficient (Wildman–Crippen LogP) is 0.777. The van der Waals surface area contributed by atoms with Crippen LogP contribution in [-0.2, 0) is 0 Å². The molecule has 6 heteroatoms. The first-order chi connectivity index (χ1) is 7.86. The van der Waals surface area contributed by atoms with E-state index >= 15 is 0 Å². The van der Waals surface area contributed by atoms with Crippen LogP contribution in [0.25, 0.3) is 10.3 Å². The minimum absolute atomic E-state index is 0.0550. The van der Waals surface area contributed by atoms with Crippen molar-refractivity contribution in [3.8, 4) is 0 Å². The van der Waals surface area contributed by atoms with E-state index in [-0.39, 0.29) is 11.6 Å². The van der Waals surface area contributed by atoms with E-state index in [1.807, 2.05) is 0 Å². The van der Waals surface area contributed by atoms with Crippen LogP contribution < -0.4 is 10.9 Å². The average Bonchev–Trinajstić information content (AvgIpc) is 2.80. The lowest BCUT2D eigenvalue weighted by Crippen LogP contribution is -2.34. The number of fused-ring (bicyclic) bond motifs is 1. The lowest BCUT2D eigenvalue weighted by Gasteiger charge is -2.24. The van der Waals surface area contributed by atoms with Crippen molar-refractivity contribution >= 4 is 21.7 Å². The second kappa shape index (κ2) is 3.95. The molecule has 84 valence electrons. The maximum atomic E-state index is 12.2. The largest absolute Gasteiger partial charge is 0.317 e. The first-order valence-electron chi connectivity index (χ1n) is 5.37. The molecule has 2 aromatic rings. The summed E-state index contributed by atoms with van der Waals surface area (Å²) in [6.45, 7) is 1.94. The van der Waals surface area contributed by atoms with Crippen molar-refractivity contribution < 1.29 is 0 Å². The molecule has 3 heterocycles. The van der Waals surface area contributed by atoms with Gasteiger partial charge in [0.15, 0.2) is 5.65 Å². The van der Waals surface area contributed by atoms with Crippen LogP contribution in [0.5, 0.6) is 0 Å². The smallest absolute Gasteiger partial charge is 0.273 e. The molecule has 0 aliphatic carbocycles. The van der Waals surface area contributed by atoms with Crippen molar-refractivity contribution in [3.05, 3.63) is 22.2 Å². The Labute approximate surface area is 96.2 Å². The van der Waals surface area contributed by atoms with E-state index < -0.39 is 0 Å². The van der Waals surface area contributed by atoms with Gasteiger partial charge in [-0.25, -0.2) is 9.97 Å². The summed E-state index contributed by atoms with van der Waals surface area (Å²) in [6, 6.07) is 0.285. The summed E-state index contributed by atoms with van der Waals surface area (Å²) < 4.78 is 2.43. The number of aromatic nitrogens is 3. The molecular formula is C10H12N4OS. The van der Waals surface area contributed by atoms with Gasteiger partial charge < -0.3 is 5.32 Å². The Morgan fingerprint density at radius 1 is 1.38 bits per heavy atom. The van der Waals surface area contributed by atoms with Gasteiger partial charge in [-0.2, -0.15) is 0 Å². The zero-order valence-electron chi connectivity index (χ0n) is 8.72. The molecule has 0 spiro atoms. The van der Waals surface area contributed by atoms with E-state index in [2.05, 4.69) is 15.3 Å².